The highest BCUT2D eigenvalue weighted by Gasteiger charge is 2.08. The maximum Gasteiger partial charge on any atom is 0.270 e. The molecule has 0 atom stereocenters. The topological polar surface area (TPSA) is 76.4 Å². The molecule has 2 heterocycles. The number of nitrogens with zero attached hydrogens (tertiary/aromatic N) is 1. The van der Waals surface area contributed by atoms with Gasteiger partial charge in [-0.1, -0.05) is 6.07 Å². The summed E-state index contributed by atoms with van der Waals surface area (Å²) in [5.74, 6) is 1.21. The summed E-state index contributed by atoms with van der Waals surface area (Å²) in [7, 11) is 1.62. The number of amides is 1. The van der Waals surface area contributed by atoms with Crippen molar-refractivity contribution in [2.24, 2.45) is 0 Å². The molecule has 3 aromatic rings. The third-order valence-corrected chi connectivity index (χ3v) is 3.36. The lowest BCUT2D eigenvalue weighted by molar-refractivity contribution is 0.0943. The van der Waals surface area contributed by atoms with Crippen LogP contribution in [0.1, 0.15) is 16.2 Å². The first-order chi connectivity index (χ1) is 11.7. The largest absolute Gasteiger partial charge is 0.497 e. The number of nitrogens with one attached hydrogen (secondary N) is 2. The average molecular weight is 323 g/mol. The number of anilines is 2. The maximum atomic E-state index is 12.0. The second kappa shape index (κ2) is 7.32. The van der Waals surface area contributed by atoms with E-state index in [9.17, 15) is 4.79 Å². The van der Waals surface area contributed by atoms with E-state index in [1.54, 1.807) is 43.8 Å². The Labute approximate surface area is 139 Å². The van der Waals surface area contributed by atoms with Crippen molar-refractivity contribution in [1.82, 2.24) is 10.3 Å². The van der Waals surface area contributed by atoms with Crippen LogP contribution in [0.2, 0.25) is 0 Å². The number of methoxy groups -OCH3 is 1. The Morgan fingerprint density at radius 2 is 2.08 bits per heavy atom. The highest BCUT2D eigenvalue weighted by Crippen LogP contribution is 2.20. The van der Waals surface area contributed by atoms with Crippen LogP contribution in [0.4, 0.5) is 11.4 Å². The summed E-state index contributed by atoms with van der Waals surface area (Å²) in [4.78, 5) is 16.2. The van der Waals surface area contributed by atoms with Gasteiger partial charge in [-0.25, -0.2) is 4.98 Å². The van der Waals surface area contributed by atoms with E-state index in [1.165, 1.54) is 0 Å². The summed E-state index contributed by atoms with van der Waals surface area (Å²) in [5, 5.41) is 5.96. The minimum absolute atomic E-state index is 0.251. The molecule has 1 aromatic carbocycles. The van der Waals surface area contributed by atoms with E-state index >= 15 is 0 Å². The van der Waals surface area contributed by atoms with Crippen molar-refractivity contribution < 1.29 is 13.9 Å². The number of pyridine rings is 1. The van der Waals surface area contributed by atoms with E-state index in [2.05, 4.69) is 15.6 Å². The molecule has 0 fully saturated rings. The first-order valence-corrected chi connectivity index (χ1v) is 7.42. The molecule has 0 unspecified atom stereocenters. The van der Waals surface area contributed by atoms with Gasteiger partial charge in [0.05, 0.1) is 31.8 Å². The van der Waals surface area contributed by atoms with Gasteiger partial charge >= 0.3 is 0 Å². The molecule has 0 aliphatic rings. The Morgan fingerprint density at radius 3 is 2.79 bits per heavy atom. The van der Waals surface area contributed by atoms with Gasteiger partial charge in [-0.05, 0) is 36.4 Å². The first kappa shape index (κ1) is 15.6. The van der Waals surface area contributed by atoms with E-state index < -0.39 is 0 Å². The van der Waals surface area contributed by atoms with Crippen molar-refractivity contribution in [3.8, 4) is 5.75 Å². The van der Waals surface area contributed by atoms with Gasteiger partial charge in [0.2, 0.25) is 0 Å². The summed E-state index contributed by atoms with van der Waals surface area (Å²) in [6.07, 6.45) is 3.18. The minimum atomic E-state index is -0.251. The Balaban J connectivity index is 1.61. The third-order valence-electron chi connectivity index (χ3n) is 3.36. The van der Waals surface area contributed by atoms with Gasteiger partial charge in [0, 0.05) is 11.8 Å². The zero-order valence-corrected chi connectivity index (χ0v) is 13.2. The van der Waals surface area contributed by atoms with Crippen LogP contribution in [0.5, 0.6) is 5.75 Å². The van der Waals surface area contributed by atoms with Crippen LogP contribution in [0.15, 0.2) is 65.4 Å². The Hall–Kier alpha value is -3.28. The number of ether oxygens (including phenoxy) is 1. The molecule has 6 nitrogen and oxygen atoms in total. The molecule has 0 aliphatic heterocycles. The van der Waals surface area contributed by atoms with Crippen LogP contribution >= 0.6 is 0 Å². The fourth-order valence-electron chi connectivity index (χ4n) is 2.14. The summed E-state index contributed by atoms with van der Waals surface area (Å²) in [6.45, 7) is 0.331. The molecule has 6 heteroatoms. The molecular formula is C18H17N3O3. The normalized spacial score (nSPS) is 10.2. The molecule has 0 bridgehead atoms. The second-order valence-electron chi connectivity index (χ2n) is 5.05. The summed E-state index contributed by atoms with van der Waals surface area (Å²) >= 11 is 0. The van der Waals surface area contributed by atoms with Gasteiger partial charge in [-0.15, -0.1) is 0 Å². The van der Waals surface area contributed by atoms with Crippen molar-refractivity contribution in [2.45, 2.75) is 6.54 Å². The molecule has 1 amide bonds. The van der Waals surface area contributed by atoms with Gasteiger partial charge < -0.3 is 19.8 Å². The summed E-state index contributed by atoms with van der Waals surface area (Å²) in [6, 6.07) is 14.6. The van der Waals surface area contributed by atoms with Gasteiger partial charge in [0.25, 0.3) is 5.91 Å². The van der Waals surface area contributed by atoms with Crippen molar-refractivity contribution in [1.29, 1.82) is 0 Å². The number of aromatic nitrogens is 1. The van der Waals surface area contributed by atoms with Crippen LogP contribution in [0, 0.1) is 0 Å². The molecule has 2 N–H and O–H groups in total. The molecule has 3 rings (SSSR count). The third kappa shape index (κ3) is 3.92. The fourth-order valence-corrected chi connectivity index (χ4v) is 2.14. The highest BCUT2D eigenvalue weighted by molar-refractivity contribution is 5.92. The predicted molar refractivity (Wildman–Crippen MR) is 90.4 cm³/mol. The molecule has 0 radical (unpaired) electrons. The lowest BCUT2D eigenvalue weighted by atomic mass is 10.2. The molecule has 0 aliphatic carbocycles. The zero-order chi connectivity index (χ0) is 16.8. The lowest BCUT2D eigenvalue weighted by Crippen LogP contribution is -2.23. The van der Waals surface area contributed by atoms with Gasteiger partial charge in [-0.3, -0.25) is 4.79 Å². The molecule has 0 saturated heterocycles. The molecule has 0 spiro atoms. The van der Waals surface area contributed by atoms with Gasteiger partial charge in [-0.2, -0.15) is 0 Å². The average Bonchev–Trinajstić information content (AvgIpc) is 3.14. The predicted octanol–water partition coefficient (Wildman–Crippen LogP) is 3.36. The van der Waals surface area contributed by atoms with Crippen LogP contribution < -0.4 is 15.4 Å². The molecule has 24 heavy (non-hydrogen) atoms. The number of hydrogen-bond acceptors (Lipinski definition) is 5. The van der Waals surface area contributed by atoms with Crippen LogP contribution in [-0.4, -0.2) is 18.0 Å². The van der Waals surface area contributed by atoms with Gasteiger partial charge in [0.15, 0.2) is 0 Å². The van der Waals surface area contributed by atoms with E-state index in [1.807, 2.05) is 24.3 Å². The Morgan fingerprint density at radius 1 is 1.17 bits per heavy atom. The van der Waals surface area contributed by atoms with Crippen LogP contribution in [-0.2, 0) is 6.54 Å². The van der Waals surface area contributed by atoms with Crippen LogP contribution in [0.3, 0.4) is 0 Å². The number of carbonyl (C=O) groups excluding carboxylic acids is 1. The zero-order valence-electron chi connectivity index (χ0n) is 13.2. The van der Waals surface area contributed by atoms with E-state index in [-0.39, 0.29) is 5.91 Å². The molecule has 122 valence electrons. The number of benzene rings is 1. The first-order valence-electron chi connectivity index (χ1n) is 7.42. The molecular weight excluding hydrogens is 306 g/mol. The summed E-state index contributed by atoms with van der Waals surface area (Å²) < 4.78 is 10.4. The highest BCUT2D eigenvalue weighted by atomic mass is 16.5. The second-order valence-corrected chi connectivity index (χ2v) is 5.05. The SMILES string of the molecule is COc1cccc(Nc2ccc(C(=O)NCc3ccco3)nc2)c1. The van der Waals surface area contributed by atoms with Crippen molar-refractivity contribution in [3.63, 3.8) is 0 Å². The Kier molecular flexibility index (Phi) is 4.76. The standard InChI is InChI=1S/C18H17N3O3/c1-23-15-5-2-4-13(10-15)21-14-7-8-17(19-11-14)18(22)20-12-16-6-3-9-24-16/h2-11,21H,12H2,1H3,(H,20,22). The molecule has 0 saturated carbocycles. The van der Waals surface area contributed by atoms with E-state index in [0.29, 0.717) is 18.0 Å². The monoisotopic (exact) mass is 323 g/mol. The lowest BCUT2D eigenvalue weighted by Gasteiger charge is -2.08. The maximum absolute atomic E-state index is 12.0. The van der Waals surface area contributed by atoms with Gasteiger partial charge in [0.1, 0.15) is 17.2 Å². The molecule has 2 aromatic heterocycles. The number of carbonyl (C=O) groups is 1. The van der Waals surface area contributed by atoms with Crippen molar-refractivity contribution in [3.05, 3.63) is 72.4 Å². The number of rotatable bonds is 6. The number of hydrogen-bond donors (Lipinski definition) is 2. The van der Waals surface area contributed by atoms with E-state index in [0.717, 1.165) is 17.1 Å². The fraction of sp³-hybridized carbons (Fsp3) is 0.111. The van der Waals surface area contributed by atoms with Crippen molar-refractivity contribution in [2.75, 3.05) is 12.4 Å². The smallest absolute Gasteiger partial charge is 0.270 e. The van der Waals surface area contributed by atoms with Crippen molar-refractivity contribution >= 4 is 17.3 Å². The van der Waals surface area contributed by atoms with Crippen LogP contribution in [0.25, 0.3) is 0 Å². The number of furan rings is 1. The quantitative estimate of drug-likeness (QED) is 0.727. The minimum Gasteiger partial charge on any atom is -0.497 e. The van der Waals surface area contributed by atoms with E-state index in [4.69, 9.17) is 9.15 Å². The Bertz CT molecular complexity index is 799. The summed E-state index contributed by atoms with van der Waals surface area (Å²) in [5.41, 5.74) is 2.01.